The van der Waals surface area contributed by atoms with Crippen LogP contribution in [0, 0.1) is 17.0 Å². The number of benzene rings is 2. The van der Waals surface area contributed by atoms with Gasteiger partial charge in [-0.1, -0.05) is 18.2 Å². The molecule has 1 aliphatic rings. The van der Waals surface area contributed by atoms with E-state index in [2.05, 4.69) is 27.3 Å². The molecule has 1 unspecified atom stereocenters. The number of non-ortho nitro benzene ring substituents is 1. The van der Waals surface area contributed by atoms with Crippen molar-refractivity contribution < 1.29 is 4.92 Å². The van der Waals surface area contributed by atoms with E-state index in [9.17, 15) is 10.1 Å². The van der Waals surface area contributed by atoms with Crippen LogP contribution in [0.5, 0.6) is 0 Å². The Hall–Kier alpha value is -3.48. The zero-order valence-corrected chi connectivity index (χ0v) is 15.6. The highest BCUT2D eigenvalue weighted by Gasteiger charge is 2.24. The molecule has 0 spiro atoms. The maximum absolute atomic E-state index is 10.9. The van der Waals surface area contributed by atoms with E-state index in [1.165, 1.54) is 12.1 Å². The zero-order valence-electron chi connectivity index (χ0n) is 15.6. The Kier molecular flexibility index (Phi) is 4.89. The Bertz CT molecular complexity index is 976. The average Bonchev–Trinajstić information content (AvgIpc) is 3.17. The van der Waals surface area contributed by atoms with Crippen molar-refractivity contribution in [1.29, 1.82) is 0 Å². The van der Waals surface area contributed by atoms with Crippen molar-refractivity contribution in [3.05, 3.63) is 76.5 Å². The van der Waals surface area contributed by atoms with Gasteiger partial charge in [0.15, 0.2) is 5.82 Å². The van der Waals surface area contributed by atoms with Crippen molar-refractivity contribution in [1.82, 2.24) is 9.97 Å². The predicted molar refractivity (Wildman–Crippen MR) is 110 cm³/mol. The van der Waals surface area contributed by atoms with E-state index in [0.29, 0.717) is 11.9 Å². The average molecular weight is 375 g/mol. The molecule has 1 aromatic heterocycles. The molecule has 1 atom stereocenters. The molecule has 0 bridgehead atoms. The van der Waals surface area contributed by atoms with Crippen molar-refractivity contribution in [3.8, 4) is 11.4 Å². The van der Waals surface area contributed by atoms with Gasteiger partial charge in [-0.2, -0.15) is 0 Å². The van der Waals surface area contributed by atoms with E-state index in [-0.39, 0.29) is 5.69 Å². The third-order valence-corrected chi connectivity index (χ3v) is 4.83. The smallest absolute Gasteiger partial charge is 0.269 e. The van der Waals surface area contributed by atoms with Gasteiger partial charge in [0.05, 0.1) is 4.92 Å². The van der Waals surface area contributed by atoms with E-state index in [1.807, 2.05) is 31.2 Å². The summed E-state index contributed by atoms with van der Waals surface area (Å²) in [6, 6.07) is 18.9. The van der Waals surface area contributed by atoms with Crippen LogP contribution in [-0.4, -0.2) is 34.0 Å². The van der Waals surface area contributed by atoms with E-state index >= 15 is 0 Å². The zero-order chi connectivity index (χ0) is 19.5. The van der Waals surface area contributed by atoms with Crippen molar-refractivity contribution >= 4 is 17.2 Å². The molecule has 7 heteroatoms. The summed E-state index contributed by atoms with van der Waals surface area (Å²) in [6.07, 6.45) is 1.03. The van der Waals surface area contributed by atoms with Crippen LogP contribution in [0.25, 0.3) is 11.4 Å². The molecule has 1 fully saturated rings. The fraction of sp³-hybridized carbons (Fsp3) is 0.238. The summed E-state index contributed by atoms with van der Waals surface area (Å²) in [4.78, 5) is 21.9. The van der Waals surface area contributed by atoms with Gasteiger partial charge in [-0.05, 0) is 37.6 Å². The lowest BCUT2D eigenvalue weighted by molar-refractivity contribution is -0.384. The van der Waals surface area contributed by atoms with Gasteiger partial charge in [-0.15, -0.1) is 0 Å². The van der Waals surface area contributed by atoms with Gasteiger partial charge in [0.2, 0.25) is 0 Å². The minimum atomic E-state index is -0.406. The highest BCUT2D eigenvalue weighted by molar-refractivity contribution is 5.60. The Morgan fingerprint density at radius 2 is 1.86 bits per heavy atom. The molecular weight excluding hydrogens is 354 g/mol. The summed E-state index contributed by atoms with van der Waals surface area (Å²) >= 11 is 0. The highest BCUT2D eigenvalue weighted by Crippen LogP contribution is 2.25. The minimum Gasteiger partial charge on any atom is -0.380 e. The molecular formula is C21H21N5O2. The lowest BCUT2D eigenvalue weighted by Crippen LogP contribution is -2.26. The SMILES string of the molecule is Cc1cc(N2CCC(Nc3ccccc3)C2)nc(-c2ccc([N+](=O)[O-])cc2)n1. The summed E-state index contributed by atoms with van der Waals surface area (Å²) in [7, 11) is 0. The number of anilines is 2. The maximum atomic E-state index is 10.9. The lowest BCUT2D eigenvalue weighted by atomic mass is 10.2. The Labute approximate surface area is 163 Å². The van der Waals surface area contributed by atoms with Crippen molar-refractivity contribution in [3.63, 3.8) is 0 Å². The van der Waals surface area contributed by atoms with Crippen molar-refractivity contribution in [2.75, 3.05) is 23.3 Å². The van der Waals surface area contributed by atoms with E-state index in [0.717, 1.165) is 42.3 Å². The van der Waals surface area contributed by atoms with Gasteiger partial charge in [-0.25, -0.2) is 9.97 Å². The first-order valence-corrected chi connectivity index (χ1v) is 9.25. The Balaban J connectivity index is 1.52. The number of hydrogen-bond donors (Lipinski definition) is 1. The van der Waals surface area contributed by atoms with Crippen LogP contribution >= 0.6 is 0 Å². The standard InChI is InChI=1S/C21H21N5O2/c1-15-13-20(24-21(22-15)16-7-9-19(10-8-16)26(27)28)25-12-11-18(14-25)23-17-5-3-2-4-6-17/h2-10,13,18,23H,11-12,14H2,1H3. The van der Waals surface area contributed by atoms with E-state index in [4.69, 9.17) is 4.98 Å². The van der Waals surface area contributed by atoms with Gasteiger partial charge in [0.1, 0.15) is 5.82 Å². The third-order valence-electron chi connectivity index (χ3n) is 4.83. The van der Waals surface area contributed by atoms with Crippen LogP contribution in [0.3, 0.4) is 0 Å². The number of rotatable bonds is 5. The third kappa shape index (κ3) is 3.93. The normalized spacial score (nSPS) is 16.2. The van der Waals surface area contributed by atoms with Crippen LogP contribution in [0.4, 0.5) is 17.2 Å². The number of hydrogen-bond acceptors (Lipinski definition) is 6. The molecule has 2 heterocycles. The second-order valence-electron chi connectivity index (χ2n) is 6.94. The van der Waals surface area contributed by atoms with Crippen molar-refractivity contribution in [2.45, 2.75) is 19.4 Å². The minimum absolute atomic E-state index is 0.0611. The quantitative estimate of drug-likeness (QED) is 0.535. The molecule has 1 saturated heterocycles. The molecule has 142 valence electrons. The molecule has 0 saturated carbocycles. The molecule has 4 rings (SSSR count). The molecule has 0 amide bonds. The summed E-state index contributed by atoms with van der Waals surface area (Å²) in [6.45, 7) is 3.72. The first-order valence-electron chi connectivity index (χ1n) is 9.25. The van der Waals surface area contributed by atoms with Gasteiger partial charge in [0.25, 0.3) is 5.69 Å². The number of nitro groups is 1. The van der Waals surface area contributed by atoms with Crippen LogP contribution in [-0.2, 0) is 0 Å². The number of aromatic nitrogens is 2. The summed E-state index contributed by atoms with van der Waals surface area (Å²) in [5.74, 6) is 1.47. The molecule has 3 aromatic rings. The topological polar surface area (TPSA) is 84.2 Å². The number of nitrogens with one attached hydrogen (secondary N) is 1. The predicted octanol–water partition coefficient (Wildman–Crippen LogP) is 4.05. The molecule has 0 aliphatic carbocycles. The molecule has 28 heavy (non-hydrogen) atoms. The largest absolute Gasteiger partial charge is 0.380 e. The maximum Gasteiger partial charge on any atom is 0.269 e. The highest BCUT2D eigenvalue weighted by atomic mass is 16.6. The summed E-state index contributed by atoms with van der Waals surface area (Å²) in [5, 5.41) is 14.4. The number of nitrogens with zero attached hydrogens (tertiary/aromatic N) is 4. The number of para-hydroxylation sites is 1. The molecule has 1 N–H and O–H groups in total. The molecule has 2 aromatic carbocycles. The van der Waals surface area contributed by atoms with E-state index < -0.39 is 4.92 Å². The van der Waals surface area contributed by atoms with Crippen LogP contribution in [0.15, 0.2) is 60.7 Å². The fourth-order valence-corrected chi connectivity index (χ4v) is 3.43. The second kappa shape index (κ2) is 7.64. The van der Waals surface area contributed by atoms with Gasteiger partial charge in [0, 0.05) is 54.3 Å². The lowest BCUT2D eigenvalue weighted by Gasteiger charge is -2.19. The second-order valence-corrected chi connectivity index (χ2v) is 6.94. The summed E-state index contributed by atoms with van der Waals surface area (Å²) < 4.78 is 0. The van der Waals surface area contributed by atoms with Gasteiger partial charge < -0.3 is 10.2 Å². The number of nitro benzene ring substituents is 1. The monoisotopic (exact) mass is 375 g/mol. The summed E-state index contributed by atoms with van der Waals surface area (Å²) in [5.41, 5.74) is 2.83. The van der Waals surface area contributed by atoms with Gasteiger partial charge >= 0.3 is 0 Å². The Morgan fingerprint density at radius 1 is 1.11 bits per heavy atom. The first kappa shape index (κ1) is 17.9. The molecule has 0 radical (unpaired) electrons. The fourth-order valence-electron chi connectivity index (χ4n) is 3.43. The van der Waals surface area contributed by atoms with Crippen LogP contribution < -0.4 is 10.2 Å². The van der Waals surface area contributed by atoms with E-state index in [1.54, 1.807) is 12.1 Å². The van der Waals surface area contributed by atoms with Crippen LogP contribution in [0.2, 0.25) is 0 Å². The van der Waals surface area contributed by atoms with Crippen molar-refractivity contribution in [2.24, 2.45) is 0 Å². The van der Waals surface area contributed by atoms with Crippen LogP contribution in [0.1, 0.15) is 12.1 Å². The Morgan fingerprint density at radius 3 is 2.57 bits per heavy atom. The van der Waals surface area contributed by atoms with Gasteiger partial charge in [-0.3, -0.25) is 10.1 Å². The molecule has 7 nitrogen and oxygen atoms in total. The molecule has 1 aliphatic heterocycles. The first-order chi connectivity index (χ1) is 13.6. The number of aryl methyl sites for hydroxylation is 1.